The van der Waals surface area contributed by atoms with E-state index in [-0.39, 0.29) is 0 Å². The van der Waals surface area contributed by atoms with Gasteiger partial charge in [0.2, 0.25) is 0 Å². The molecule has 0 amide bonds. The Balaban J connectivity index is 0.000000336. The number of rotatable bonds is 0. The maximum absolute atomic E-state index is 5.23. The molecule has 3 nitrogen and oxygen atoms in total. The van der Waals surface area contributed by atoms with Crippen LogP contribution in [0.15, 0.2) is 6.20 Å². The fourth-order valence-corrected chi connectivity index (χ4v) is 1.23. The molecule has 2 heterocycles. The van der Waals surface area contributed by atoms with Crippen LogP contribution in [0.1, 0.15) is 25.4 Å². The highest BCUT2D eigenvalue weighted by atomic mass is 16.5. The molecule has 0 unspecified atom stereocenters. The molecule has 0 aromatic carbocycles. The third-order valence-electron chi connectivity index (χ3n) is 1.69. The van der Waals surface area contributed by atoms with Crippen molar-refractivity contribution in [1.82, 2.24) is 9.55 Å². The van der Waals surface area contributed by atoms with E-state index in [2.05, 4.69) is 15.7 Å². The normalized spacial score (nSPS) is 14.6. The number of aromatic nitrogens is 2. The number of fused-ring (bicyclic) bond motifs is 1. The van der Waals surface area contributed by atoms with Gasteiger partial charge in [-0.2, -0.15) is 0 Å². The molecule has 0 N–H and O–H groups in total. The van der Waals surface area contributed by atoms with E-state index >= 15 is 0 Å². The average molecular weight is 168 g/mol. The smallest absolute Gasteiger partial charge is 0.135 e. The van der Waals surface area contributed by atoms with Crippen molar-refractivity contribution in [3.8, 4) is 0 Å². The Morgan fingerprint density at radius 1 is 1.50 bits per heavy atom. The van der Waals surface area contributed by atoms with Gasteiger partial charge in [0.25, 0.3) is 0 Å². The van der Waals surface area contributed by atoms with Crippen molar-refractivity contribution >= 4 is 0 Å². The van der Waals surface area contributed by atoms with Gasteiger partial charge in [-0.05, 0) is 6.92 Å². The topological polar surface area (TPSA) is 27.1 Å². The fourth-order valence-electron chi connectivity index (χ4n) is 1.23. The summed E-state index contributed by atoms with van der Waals surface area (Å²) in [6, 6.07) is 0. The van der Waals surface area contributed by atoms with Gasteiger partial charge in [-0.25, -0.2) is 4.98 Å². The van der Waals surface area contributed by atoms with E-state index in [1.54, 1.807) is 0 Å². The van der Waals surface area contributed by atoms with Crippen LogP contribution in [-0.4, -0.2) is 16.2 Å². The third-order valence-corrected chi connectivity index (χ3v) is 1.69. The standard InChI is InChI=1S/C7H10N2O.C2H6/c1-6-4-9-2-3-10-5-7(9)8-6;1-2/h4H,2-3,5H2,1H3;1-2H3. The van der Waals surface area contributed by atoms with Crippen molar-refractivity contribution in [2.24, 2.45) is 0 Å². The number of imidazole rings is 1. The van der Waals surface area contributed by atoms with E-state index in [9.17, 15) is 0 Å². The zero-order chi connectivity index (χ0) is 8.97. The van der Waals surface area contributed by atoms with Gasteiger partial charge >= 0.3 is 0 Å². The van der Waals surface area contributed by atoms with Gasteiger partial charge < -0.3 is 9.30 Å². The monoisotopic (exact) mass is 168 g/mol. The molecule has 0 fully saturated rings. The van der Waals surface area contributed by atoms with Crippen molar-refractivity contribution in [1.29, 1.82) is 0 Å². The highest BCUT2D eigenvalue weighted by molar-refractivity contribution is 5.02. The lowest BCUT2D eigenvalue weighted by molar-refractivity contribution is 0.0816. The minimum Gasteiger partial charge on any atom is -0.372 e. The molecule has 3 heteroatoms. The van der Waals surface area contributed by atoms with Gasteiger partial charge in [0.1, 0.15) is 12.4 Å². The van der Waals surface area contributed by atoms with E-state index in [1.807, 2.05) is 20.8 Å². The number of ether oxygens (including phenoxy) is 1. The second-order valence-electron chi connectivity index (χ2n) is 2.54. The van der Waals surface area contributed by atoms with Crippen LogP contribution in [0, 0.1) is 6.92 Å². The molecule has 2 rings (SSSR count). The van der Waals surface area contributed by atoms with E-state index in [1.165, 1.54) is 0 Å². The number of hydrogen-bond donors (Lipinski definition) is 0. The molecule has 68 valence electrons. The van der Waals surface area contributed by atoms with Gasteiger partial charge in [0, 0.05) is 12.7 Å². The second kappa shape index (κ2) is 4.26. The maximum atomic E-state index is 5.23. The quantitative estimate of drug-likeness (QED) is 0.590. The first-order valence-corrected chi connectivity index (χ1v) is 4.46. The molecular formula is C9H16N2O. The highest BCUT2D eigenvalue weighted by Gasteiger charge is 2.09. The van der Waals surface area contributed by atoms with Crippen LogP contribution in [0.2, 0.25) is 0 Å². The van der Waals surface area contributed by atoms with Crippen molar-refractivity contribution in [2.75, 3.05) is 6.61 Å². The number of hydrogen-bond acceptors (Lipinski definition) is 2. The molecule has 1 aromatic rings. The lowest BCUT2D eigenvalue weighted by atomic mass is 10.5. The Morgan fingerprint density at radius 2 is 2.25 bits per heavy atom. The Labute approximate surface area is 73.4 Å². The molecule has 0 aliphatic carbocycles. The lowest BCUT2D eigenvalue weighted by Crippen LogP contribution is -2.15. The zero-order valence-corrected chi connectivity index (χ0v) is 8.00. The maximum Gasteiger partial charge on any atom is 0.135 e. The molecule has 1 aliphatic rings. The Bertz CT molecular complexity index is 219. The van der Waals surface area contributed by atoms with Gasteiger partial charge in [-0.15, -0.1) is 0 Å². The summed E-state index contributed by atoms with van der Waals surface area (Å²) in [7, 11) is 0. The van der Waals surface area contributed by atoms with Crippen LogP contribution in [0.25, 0.3) is 0 Å². The first-order valence-electron chi connectivity index (χ1n) is 4.46. The molecule has 0 bridgehead atoms. The summed E-state index contributed by atoms with van der Waals surface area (Å²) >= 11 is 0. The van der Waals surface area contributed by atoms with E-state index < -0.39 is 0 Å². The van der Waals surface area contributed by atoms with Crippen molar-refractivity contribution < 1.29 is 4.74 Å². The van der Waals surface area contributed by atoms with Crippen LogP contribution in [0.3, 0.4) is 0 Å². The Morgan fingerprint density at radius 3 is 2.92 bits per heavy atom. The molecule has 1 aliphatic heterocycles. The summed E-state index contributed by atoms with van der Waals surface area (Å²) < 4.78 is 7.38. The van der Waals surface area contributed by atoms with Crippen molar-refractivity contribution in [2.45, 2.75) is 33.9 Å². The summed E-state index contributed by atoms with van der Waals surface area (Å²) in [4.78, 5) is 4.29. The third kappa shape index (κ3) is 1.85. The van der Waals surface area contributed by atoms with E-state index in [0.717, 1.165) is 24.7 Å². The van der Waals surface area contributed by atoms with Gasteiger partial charge in [-0.3, -0.25) is 0 Å². The van der Waals surface area contributed by atoms with Crippen LogP contribution < -0.4 is 0 Å². The molecule has 0 atom stereocenters. The second-order valence-corrected chi connectivity index (χ2v) is 2.54. The molecule has 0 saturated heterocycles. The van der Waals surface area contributed by atoms with Crippen LogP contribution in [-0.2, 0) is 17.9 Å². The molecule has 12 heavy (non-hydrogen) atoms. The summed E-state index contributed by atoms with van der Waals surface area (Å²) in [5.74, 6) is 1.06. The molecule has 0 spiro atoms. The van der Waals surface area contributed by atoms with E-state index in [0.29, 0.717) is 6.61 Å². The minimum absolute atomic E-state index is 0.674. The Hall–Kier alpha value is -0.830. The van der Waals surface area contributed by atoms with Crippen molar-refractivity contribution in [3.63, 3.8) is 0 Å². The predicted molar refractivity (Wildman–Crippen MR) is 48.0 cm³/mol. The van der Waals surface area contributed by atoms with Crippen LogP contribution >= 0.6 is 0 Å². The summed E-state index contributed by atoms with van der Waals surface area (Å²) in [5.41, 5.74) is 1.08. The van der Waals surface area contributed by atoms with Crippen LogP contribution in [0.4, 0.5) is 0 Å². The zero-order valence-electron chi connectivity index (χ0n) is 8.00. The SMILES string of the molecule is CC.Cc1cn2c(n1)COCC2. The molecule has 0 radical (unpaired) electrons. The largest absolute Gasteiger partial charge is 0.372 e. The fraction of sp³-hybridized carbons (Fsp3) is 0.667. The van der Waals surface area contributed by atoms with Gasteiger partial charge in [-0.1, -0.05) is 13.8 Å². The predicted octanol–water partition coefficient (Wildman–Crippen LogP) is 1.75. The summed E-state index contributed by atoms with van der Waals surface area (Å²) in [5, 5.41) is 0. The van der Waals surface area contributed by atoms with Crippen molar-refractivity contribution in [3.05, 3.63) is 17.7 Å². The van der Waals surface area contributed by atoms with E-state index in [4.69, 9.17) is 4.74 Å². The molecular weight excluding hydrogens is 152 g/mol. The first kappa shape index (κ1) is 9.26. The first-order chi connectivity index (χ1) is 5.86. The number of nitrogens with zero attached hydrogens (tertiary/aromatic N) is 2. The number of aryl methyl sites for hydroxylation is 1. The van der Waals surface area contributed by atoms with Crippen LogP contribution in [0.5, 0.6) is 0 Å². The molecule has 0 saturated carbocycles. The lowest BCUT2D eigenvalue weighted by Gasteiger charge is -2.13. The average Bonchev–Trinajstić information content (AvgIpc) is 2.48. The van der Waals surface area contributed by atoms with Gasteiger partial charge in [0.05, 0.1) is 12.3 Å². The molecule has 1 aromatic heterocycles. The summed E-state index contributed by atoms with van der Waals surface area (Å²) in [6.07, 6.45) is 2.07. The minimum atomic E-state index is 0.674. The highest BCUT2D eigenvalue weighted by Crippen LogP contribution is 2.08. The Kier molecular flexibility index (Phi) is 3.29. The van der Waals surface area contributed by atoms with Gasteiger partial charge in [0.15, 0.2) is 0 Å². The summed E-state index contributed by atoms with van der Waals surface area (Å²) in [6.45, 7) is 8.46.